The van der Waals surface area contributed by atoms with E-state index < -0.39 is 60.2 Å². The Hall–Kier alpha value is -7.59. The number of nitrogens with one attached hydrogen (secondary N) is 5. The number of benzene rings is 2. The van der Waals surface area contributed by atoms with Gasteiger partial charge in [0.05, 0.1) is 47.5 Å². The van der Waals surface area contributed by atoms with Crippen molar-refractivity contribution >= 4 is 22.8 Å². The number of aromatic amines is 1. The Kier molecular flexibility index (Phi) is 14.3. The lowest BCUT2D eigenvalue weighted by atomic mass is 9.62. The number of nitrogens with zero attached hydrogens (tertiary/aromatic N) is 3. The van der Waals surface area contributed by atoms with Crippen LogP contribution < -0.4 is 36.5 Å². The lowest BCUT2D eigenvalue weighted by molar-refractivity contribution is -0.179. The maximum Gasteiger partial charge on any atom is 0.302 e. The van der Waals surface area contributed by atoms with Gasteiger partial charge in [0.2, 0.25) is 5.75 Å². The summed E-state index contributed by atoms with van der Waals surface area (Å²) in [5.74, 6) is 5.86. The quantitative estimate of drug-likeness (QED) is 0.0166. The molecule has 18 nitrogen and oxygen atoms in total. The molecule has 0 amide bonds. The van der Waals surface area contributed by atoms with E-state index in [0.29, 0.717) is 61.9 Å². The molecule has 76 heavy (non-hydrogen) atoms. The highest BCUT2D eigenvalue weighted by Gasteiger charge is 2.59. The third kappa shape index (κ3) is 10.3. The van der Waals surface area contributed by atoms with Crippen LogP contribution in [-0.2, 0) is 27.1 Å². The molecule has 0 radical (unpaired) electrons. The summed E-state index contributed by atoms with van der Waals surface area (Å²) < 4.78 is 28.5. The summed E-state index contributed by atoms with van der Waals surface area (Å²) in [6.45, 7) is 2.81. The summed E-state index contributed by atoms with van der Waals surface area (Å²) in [6, 6.07) is 14.4. The van der Waals surface area contributed by atoms with Gasteiger partial charge in [0.25, 0.3) is 0 Å². The van der Waals surface area contributed by atoms with E-state index >= 15 is 0 Å². The van der Waals surface area contributed by atoms with Gasteiger partial charge in [-0.15, -0.1) is 0 Å². The van der Waals surface area contributed by atoms with E-state index in [-0.39, 0.29) is 53.8 Å². The molecule has 11 rings (SSSR count). The zero-order chi connectivity index (χ0) is 52.5. The van der Waals surface area contributed by atoms with Crippen LogP contribution in [0.15, 0.2) is 120 Å². The first kappa shape index (κ1) is 50.6. The number of hydrogen-bond donors (Lipinski definition) is 10. The molecule has 2 saturated heterocycles. The average Bonchev–Trinajstić information content (AvgIpc) is 4.05. The molecule has 2 aromatic carbocycles. The zero-order valence-corrected chi connectivity index (χ0v) is 42.7. The van der Waals surface area contributed by atoms with Gasteiger partial charge in [-0.05, 0) is 110 Å². The Bertz CT molecular complexity index is 3090. The maximum absolute atomic E-state index is 12.9. The number of aliphatic hydroxyl groups is 1. The molecule has 1 saturated carbocycles. The number of aromatic hydroxyl groups is 3. The lowest BCUT2D eigenvalue weighted by Gasteiger charge is -2.57. The summed E-state index contributed by atoms with van der Waals surface area (Å²) in [5.41, 5.74) is 9.65. The van der Waals surface area contributed by atoms with Crippen LogP contribution in [0.3, 0.4) is 0 Å². The van der Waals surface area contributed by atoms with Gasteiger partial charge in [-0.1, -0.05) is 42.2 Å². The van der Waals surface area contributed by atoms with E-state index in [1.165, 1.54) is 13.0 Å². The topological polar surface area (TPSA) is 255 Å². The third-order valence-corrected chi connectivity index (χ3v) is 16.1. The van der Waals surface area contributed by atoms with Crippen molar-refractivity contribution in [3.05, 3.63) is 132 Å². The first-order valence-electron chi connectivity index (χ1n) is 26.5. The number of phenolic OH excluding ortho intramolecular Hbond substituents is 3. The highest BCUT2D eigenvalue weighted by atomic mass is 16.6. The minimum atomic E-state index is -1.04. The number of H-pyrrole nitrogens is 1. The van der Waals surface area contributed by atoms with Crippen LogP contribution in [-0.4, -0.2) is 104 Å². The number of pyridine rings is 1. The second kappa shape index (κ2) is 21.6. The van der Waals surface area contributed by atoms with E-state index in [4.69, 9.17) is 29.7 Å². The van der Waals surface area contributed by atoms with Gasteiger partial charge >= 0.3 is 5.97 Å². The largest absolute Gasteiger partial charge is 0.504 e. The molecule has 2 bridgehead atoms. The molecule has 7 heterocycles. The van der Waals surface area contributed by atoms with E-state index in [2.05, 4.69) is 78.3 Å². The maximum atomic E-state index is 12.9. The first-order valence-corrected chi connectivity index (χ1v) is 26.5. The molecule has 3 fully saturated rings. The monoisotopic (exact) mass is 1030 g/mol. The highest BCUT2D eigenvalue weighted by molar-refractivity contribution is 5.83. The highest BCUT2D eigenvalue weighted by Crippen LogP contribution is 2.51. The van der Waals surface area contributed by atoms with Crippen molar-refractivity contribution in [3.63, 3.8) is 0 Å². The number of dihydropyridines is 1. The van der Waals surface area contributed by atoms with Crippen molar-refractivity contribution in [2.24, 2.45) is 40.3 Å². The smallest absolute Gasteiger partial charge is 0.302 e. The van der Waals surface area contributed by atoms with Gasteiger partial charge in [-0.2, -0.15) is 0 Å². The lowest BCUT2D eigenvalue weighted by Crippen LogP contribution is -2.75. The predicted molar refractivity (Wildman–Crippen MR) is 285 cm³/mol. The molecule has 2 aliphatic carbocycles. The van der Waals surface area contributed by atoms with Crippen LogP contribution in [0.1, 0.15) is 74.4 Å². The molecule has 6 aliphatic rings. The number of allylic oxidation sites excluding steroid dienone is 3. The number of nitrogens with two attached hydrogens (primary N) is 1. The number of guanidine groups is 1. The van der Waals surface area contributed by atoms with Gasteiger partial charge in [-0.25, -0.2) is 0 Å². The number of phenols is 3. The fourth-order valence-electron chi connectivity index (χ4n) is 12.5. The van der Waals surface area contributed by atoms with Crippen LogP contribution in [0.2, 0.25) is 0 Å². The Morgan fingerprint density at radius 1 is 1.11 bits per heavy atom. The van der Waals surface area contributed by atoms with Crippen molar-refractivity contribution in [3.8, 4) is 40.6 Å². The number of rotatable bonds is 13. The fourth-order valence-corrected chi connectivity index (χ4v) is 12.5. The van der Waals surface area contributed by atoms with E-state index in [1.54, 1.807) is 31.6 Å². The Morgan fingerprint density at radius 3 is 2.82 bits per heavy atom. The summed E-state index contributed by atoms with van der Waals surface area (Å²) >= 11 is 0. The second-order valence-electron chi connectivity index (χ2n) is 21.0. The van der Waals surface area contributed by atoms with Crippen molar-refractivity contribution in [2.75, 3.05) is 26.7 Å². The van der Waals surface area contributed by atoms with Crippen LogP contribution in [0.4, 0.5) is 0 Å². The number of esters is 1. The van der Waals surface area contributed by atoms with Gasteiger partial charge in [-0.3, -0.25) is 20.1 Å². The minimum absolute atomic E-state index is 0.00474. The van der Waals surface area contributed by atoms with Gasteiger partial charge in [0.1, 0.15) is 24.6 Å². The Balaban J connectivity index is 0.977. The summed E-state index contributed by atoms with van der Waals surface area (Å²) in [7, 11) is 1.75. The van der Waals surface area contributed by atoms with Crippen molar-refractivity contribution in [2.45, 2.75) is 101 Å². The second-order valence-corrected chi connectivity index (χ2v) is 21.0. The minimum Gasteiger partial charge on any atom is -0.504 e. The molecule has 398 valence electrons. The number of fused-ring (bicyclic) bond motifs is 8. The van der Waals surface area contributed by atoms with Gasteiger partial charge in [0.15, 0.2) is 29.0 Å². The molecular formula is C58H67N9O9. The molecule has 0 unspecified atom stereocenters. The molecule has 11 N–H and O–H groups in total. The molecule has 18 heteroatoms. The number of hydrogen-bond acceptors (Lipinski definition) is 14. The number of carbonyl (C=O) groups excluding carboxylic acids is 1. The Morgan fingerprint density at radius 2 is 2.00 bits per heavy atom. The SMILES string of the molecule is CN[C@H](O)[C@H]1[C@H](n2cc3cc[nH]c3c2)NC(=NCCCC2=CCNC(N)=C2)N[C@@]12CCC[C@H]1Oc3cc(ccc3O)C[C@H]3[C@@H]4O[C@H](c5cc(O)c(O)c(OCCc6cccnc6)c5)C[C@H](OC(C)=O)[C@@H]4C=C[C@@H]3C#C[C@@H]12. The van der Waals surface area contributed by atoms with Crippen molar-refractivity contribution in [1.82, 2.24) is 35.8 Å². The van der Waals surface area contributed by atoms with E-state index in [9.17, 15) is 25.2 Å². The zero-order valence-electron chi connectivity index (χ0n) is 42.7. The summed E-state index contributed by atoms with van der Waals surface area (Å²) in [5, 5.41) is 61.0. The molecule has 4 aliphatic heterocycles. The number of carbonyl (C=O) groups is 1. The van der Waals surface area contributed by atoms with Gasteiger partial charge in [0, 0.05) is 87.0 Å². The summed E-state index contributed by atoms with van der Waals surface area (Å²) in [6.07, 6.45) is 18.6. The van der Waals surface area contributed by atoms with Crippen LogP contribution in [0.25, 0.3) is 10.9 Å². The normalized spacial score (nSPS) is 29.5. The number of aromatic nitrogens is 3. The third-order valence-electron chi connectivity index (χ3n) is 16.1. The van der Waals surface area contributed by atoms with Crippen LogP contribution in [0.5, 0.6) is 28.7 Å². The standard InChI is InChI=1S/C58H67N9O9/c1-33(68)74-48-29-47(39-27-45(70)53(71)50(28-39)73-23-17-35-7-4-19-61-30-35)76-54-40(48)12-10-37-11-13-42-46(75-49-25-36(24-41(37)54)9-14-44(49)69)8-3-18-58(42)52(56(72)60-2)55(67-31-38-16-22-62-43(38)32-67)65-57(66-58)64-20-5-6-34-15-21-63-51(59)26-34/h4,7,9-10,12,14-16,19,22,25-28,30-32,37,40-42,46-48,52,54-56,60,62-63,69-72H,3,5-6,8,17-18,20-21,23-24,29,59H2,1-2H3,(H2,64,65,66)/t37-,40+,41-,42+,46-,47+,48+,52-,54-,55+,56-,58-/m1/s1. The first-order chi connectivity index (χ1) is 36.9. The van der Waals surface area contributed by atoms with Crippen molar-refractivity contribution < 1.29 is 44.2 Å². The van der Waals surface area contributed by atoms with E-state index in [0.717, 1.165) is 46.9 Å². The molecule has 3 aromatic heterocycles. The molecule has 1 spiro atoms. The number of aliphatic hydroxyl groups excluding tert-OH is 1. The van der Waals surface area contributed by atoms with Crippen LogP contribution in [0, 0.1) is 41.4 Å². The molecule has 5 aromatic rings. The van der Waals surface area contributed by atoms with E-state index in [1.807, 2.05) is 42.6 Å². The Labute approximate surface area is 441 Å². The van der Waals surface area contributed by atoms with Gasteiger partial charge < -0.3 is 70.6 Å². The number of aliphatic imine (C=N–C) groups is 1. The average molecular weight is 1030 g/mol. The van der Waals surface area contributed by atoms with Crippen molar-refractivity contribution in [1.29, 1.82) is 0 Å². The number of ether oxygens (including phenoxy) is 4. The fraction of sp³-hybridized carbons (Fsp3) is 0.431. The summed E-state index contributed by atoms with van der Waals surface area (Å²) in [4.78, 5) is 25.6. The van der Waals surface area contributed by atoms with Crippen LogP contribution >= 0.6 is 0 Å². The molecule has 12 atom stereocenters. The molecular weight excluding hydrogens is 967 g/mol. The predicted octanol–water partition coefficient (Wildman–Crippen LogP) is 5.84.